The highest BCUT2D eigenvalue weighted by molar-refractivity contribution is 6.33. The normalized spacial score (nSPS) is 12.2. The third kappa shape index (κ3) is 5.25. The second kappa shape index (κ2) is 10.9. The van der Waals surface area contributed by atoms with Crippen molar-refractivity contribution in [3.8, 4) is 11.3 Å². The van der Waals surface area contributed by atoms with Crippen LogP contribution in [-0.4, -0.2) is 26.5 Å². The van der Waals surface area contributed by atoms with Crippen molar-refractivity contribution in [3.63, 3.8) is 0 Å². The second-order valence-electron chi connectivity index (χ2n) is 6.57. The number of nitrogens with two attached hydrogens (primary N) is 1. The highest BCUT2D eigenvalue weighted by Gasteiger charge is 2.21. The Morgan fingerprint density at radius 1 is 0.967 bits per heavy atom. The maximum absolute atomic E-state index is 6.43. The highest BCUT2D eigenvalue weighted by Crippen LogP contribution is 2.32. The first kappa shape index (κ1) is 23.5. The van der Waals surface area contributed by atoms with Gasteiger partial charge in [0.25, 0.3) is 0 Å². The van der Waals surface area contributed by atoms with E-state index in [-0.39, 0.29) is 0 Å². The number of pyridine rings is 2. The van der Waals surface area contributed by atoms with Gasteiger partial charge in [0.05, 0.1) is 16.4 Å². The number of hydrogen-bond acceptors (Lipinski definition) is 6. The lowest BCUT2D eigenvalue weighted by Gasteiger charge is -2.29. The molecule has 2 N–H and O–H groups in total. The third-order valence-electron chi connectivity index (χ3n) is 4.59. The number of hydrogen-bond donors (Lipinski definition) is 1. The summed E-state index contributed by atoms with van der Waals surface area (Å²) in [5.41, 5.74) is 11.8. The zero-order valence-corrected chi connectivity index (χ0v) is 19.5. The largest absolute Gasteiger partial charge is 0.368 e. The number of aryl methyl sites for hydroxylation is 2. The second-order valence-corrected chi connectivity index (χ2v) is 6.98. The van der Waals surface area contributed by atoms with Crippen molar-refractivity contribution in [2.24, 2.45) is 0 Å². The molecular formula is C23H31ClN6. The SMILES string of the molecule is CC.CC.Cc1cnc(-c2cc(N3CCc4nc(N)ncc4C3)ncc2Cl)c(C)c1. The standard InChI is InChI=1S/C19H19ClN6.2C2H6/c1-11-5-12(2)18(23-7-11)14-6-17(22-9-15(14)20)26-4-3-16-13(10-26)8-24-19(21)25-16;2*1-2/h5-9H,3-4,10H2,1-2H3,(H2,21,24,25);2*1-2H3. The molecule has 0 atom stereocenters. The molecule has 1 aliphatic rings. The van der Waals surface area contributed by atoms with Gasteiger partial charge in [0.2, 0.25) is 5.95 Å². The Kier molecular flexibility index (Phi) is 8.54. The van der Waals surface area contributed by atoms with E-state index in [9.17, 15) is 0 Å². The van der Waals surface area contributed by atoms with E-state index in [1.807, 2.05) is 53.8 Å². The summed E-state index contributed by atoms with van der Waals surface area (Å²) in [5, 5.41) is 0.599. The predicted octanol–water partition coefficient (Wildman–Crippen LogP) is 5.40. The number of anilines is 2. The minimum absolute atomic E-state index is 0.324. The van der Waals surface area contributed by atoms with Gasteiger partial charge in [-0.1, -0.05) is 45.4 Å². The summed E-state index contributed by atoms with van der Waals surface area (Å²) in [5.74, 6) is 1.19. The topological polar surface area (TPSA) is 80.8 Å². The Hall–Kier alpha value is -2.73. The molecule has 0 spiro atoms. The molecule has 4 heterocycles. The first-order valence-electron chi connectivity index (χ1n) is 10.5. The van der Waals surface area contributed by atoms with Crippen LogP contribution in [-0.2, 0) is 13.0 Å². The van der Waals surface area contributed by atoms with Gasteiger partial charge in [0.15, 0.2) is 0 Å². The quantitative estimate of drug-likeness (QED) is 0.590. The summed E-state index contributed by atoms with van der Waals surface area (Å²) < 4.78 is 0. The molecule has 3 aromatic heterocycles. The average Bonchev–Trinajstić information content (AvgIpc) is 2.77. The number of rotatable bonds is 2. The molecule has 0 fully saturated rings. The van der Waals surface area contributed by atoms with Crippen molar-refractivity contribution in [1.82, 2.24) is 19.9 Å². The fourth-order valence-electron chi connectivity index (χ4n) is 3.31. The van der Waals surface area contributed by atoms with Crippen molar-refractivity contribution in [3.05, 3.63) is 58.1 Å². The first-order chi connectivity index (χ1) is 14.5. The van der Waals surface area contributed by atoms with Crippen LogP contribution in [0.25, 0.3) is 11.3 Å². The van der Waals surface area contributed by atoms with Crippen LogP contribution in [0.4, 0.5) is 11.8 Å². The molecule has 0 radical (unpaired) electrons. The third-order valence-corrected chi connectivity index (χ3v) is 4.89. The van der Waals surface area contributed by atoms with Gasteiger partial charge in [-0.25, -0.2) is 15.0 Å². The molecule has 6 nitrogen and oxygen atoms in total. The zero-order valence-electron chi connectivity index (χ0n) is 18.7. The molecule has 4 rings (SSSR count). The molecule has 3 aromatic rings. The van der Waals surface area contributed by atoms with Gasteiger partial charge in [0.1, 0.15) is 5.82 Å². The van der Waals surface area contributed by atoms with E-state index >= 15 is 0 Å². The molecule has 0 saturated carbocycles. The Balaban J connectivity index is 0.000000757. The maximum Gasteiger partial charge on any atom is 0.220 e. The van der Waals surface area contributed by atoms with Gasteiger partial charge in [-0.05, 0) is 31.0 Å². The van der Waals surface area contributed by atoms with Crippen molar-refractivity contribution in [2.75, 3.05) is 17.2 Å². The molecule has 0 unspecified atom stereocenters. The van der Waals surface area contributed by atoms with E-state index in [0.29, 0.717) is 17.5 Å². The Morgan fingerprint density at radius 3 is 2.40 bits per heavy atom. The van der Waals surface area contributed by atoms with Crippen LogP contribution in [0.3, 0.4) is 0 Å². The van der Waals surface area contributed by atoms with Crippen LogP contribution in [0.15, 0.2) is 30.7 Å². The van der Waals surface area contributed by atoms with Gasteiger partial charge >= 0.3 is 0 Å². The van der Waals surface area contributed by atoms with E-state index < -0.39 is 0 Å². The molecule has 0 aliphatic carbocycles. The van der Waals surface area contributed by atoms with Crippen LogP contribution in [0, 0.1) is 13.8 Å². The lowest BCUT2D eigenvalue weighted by molar-refractivity contribution is 0.698. The van der Waals surface area contributed by atoms with E-state index in [1.54, 1.807) is 12.4 Å². The Bertz CT molecular complexity index is 989. The molecular weight excluding hydrogens is 396 g/mol. The van der Waals surface area contributed by atoms with Gasteiger partial charge in [-0.2, -0.15) is 0 Å². The minimum atomic E-state index is 0.324. The number of halogens is 1. The summed E-state index contributed by atoms with van der Waals surface area (Å²) in [4.78, 5) is 19.7. The molecule has 30 heavy (non-hydrogen) atoms. The van der Waals surface area contributed by atoms with Crippen LogP contribution in [0.5, 0.6) is 0 Å². The number of fused-ring (bicyclic) bond motifs is 1. The molecule has 0 saturated heterocycles. The van der Waals surface area contributed by atoms with E-state index in [1.165, 1.54) is 0 Å². The highest BCUT2D eigenvalue weighted by atomic mass is 35.5. The fourth-order valence-corrected chi connectivity index (χ4v) is 3.50. The van der Waals surface area contributed by atoms with Crippen LogP contribution < -0.4 is 10.6 Å². The summed E-state index contributed by atoms with van der Waals surface area (Å²) >= 11 is 6.43. The van der Waals surface area contributed by atoms with E-state index in [2.05, 4.69) is 30.9 Å². The fraction of sp³-hybridized carbons (Fsp3) is 0.391. The van der Waals surface area contributed by atoms with Gasteiger partial charge < -0.3 is 10.6 Å². The lowest BCUT2D eigenvalue weighted by atomic mass is 10.0. The van der Waals surface area contributed by atoms with Crippen molar-refractivity contribution in [2.45, 2.75) is 54.5 Å². The molecule has 1 aliphatic heterocycles. The van der Waals surface area contributed by atoms with E-state index in [4.69, 9.17) is 17.3 Å². The number of aromatic nitrogens is 4. The zero-order chi connectivity index (χ0) is 22.3. The number of nitrogen functional groups attached to an aromatic ring is 1. The smallest absolute Gasteiger partial charge is 0.220 e. The Labute approximate surface area is 184 Å². The summed E-state index contributed by atoms with van der Waals surface area (Å²) in [6.45, 7) is 13.6. The van der Waals surface area contributed by atoms with Gasteiger partial charge in [-0.15, -0.1) is 0 Å². The average molecular weight is 427 g/mol. The van der Waals surface area contributed by atoms with Crippen molar-refractivity contribution in [1.29, 1.82) is 0 Å². The number of nitrogens with zero attached hydrogens (tertiary/aromatic N) is 5. The van der Waals surface area contributed by atoms with Crippen molar-refractivity contribution < 1.29 is 0 Å². The van der Waals surface area contributed by atoms with Crippen LogP contribution in [0.2, 0.25) is 5.02 Å². The predicted molar refractivity (Wildman–Crippen MR) is 126 cm³/mol. The summed E-state index contributed by atoms with van der Waals surface area (Å²) in [6, 6.07) is 4.12. The molecule has 0 bridgehead atoms. The van der Waals surface area contributed by atoms with Crippen LogP contribution in [0.1, 0.15) is 50.1 Å². The van der Waals surface area contributed by atoms with Crippen molar-refractivity contribution >= 4 is 23.4 Å². The van der Waals surface area contributed by atoms with Crippen LogP contribution >= 0.6 is 11.6 Å². The minimum Gasteiger partial charge on any atom is -0.368 e. The lowest BCUT2D eigenvalue weighted by Crippen LogP contribution is -2.32. The molecule has 160 valence electrons. The first-order valence-corrected chi connectivity index (χ1v) is 10.8. The summed E-state index contributed by atoms with van der Waals surface area (Å²) in [6.07, 6.45) is 6.16. The Morgan fingerprint density at radius 2 is 1.70 bits per heavy atom. The molecule has 0 amide bonds. The maximum atomic E-state index is 6.43. The summed E-state index contributed by atoms with van der Waals surface area (Å²) in [7, 11) is 0. The molecule has 0 aromatic carbocycles. The van der Waals surface area contributed by atoms with E-state index in [0.717, 1.165) is 52.4 Å². The monoisotopic (exact) mass is 426 g/mol. The molecule has 7 heteroatoms. The van der Waals surface area contributed by atoms with Gasteiger partial charge in [0, 0.05) is 49.2 Å². The van der Waals surface area contributed by atoms with Gasteiger partial charge in [-0.3, -0.25) is 4.98 Å².